The summed E-state index contributed by atoms with van der Waals surface area (Å²) >= 11 is 1.05. The van der Waals surface area contributed by atoms with E-state index < -0.39 is 27.9 Å². The van der Waals surface area contributed by atoms with Gasteiger partial charge >= 0.3 is 5.97 Å². The van der Waals surface area contributed by atoms with E-state index in [4.69, 9.17) is 5.11 Å². The molecule has 0 spiro atoms. The molecule has 1 aromatic heterocycles. The molecule has 10 heteroatoms. The Labute approximate surface area is 246 Å². The summed E-state index contributed by atoms with van der Waals surface area (Å²) in [6.07, 6.45) is 2.28. The van der Waals surface area contributed by atoms with Crippen LogP contribution in [-0.2, 0) is 34.1 Å². The molecule has 0 amide bonds. The molecule has 0 aliphatic heterocycles. The van der Waals surface area contributed by atoms with Gasteiger partial charge in [0.2, 0.25) is 0 Å². The minimum absolute atomic E-state index is 0.0594. The van der Waals surface area contributed by atoms with E-state index in [0.29, 0.717) is 21.9 Å². The molecule has 222 valence electrons. The molecule has 1 aliphatic rings. The molecular formula is C31H39FN2O5S2. The van der Waals surface area contributed by atoms with Gasteiger partial charge in [-0.2, -0.15) is 4.31 Å². The lowest BCUT2D eigenvalue weighted by Crippen LogP contribution is -2.47. The van der Waals surface area contributed by atoms with Gasteiger partial charge in [0.15, 0.2) is 0 Å². The first kappa shape index (κ1) is 31.3. The number of nitrogens with one attached hydrogen (secondary N) is 1. The Kier molecular flexibility index (Phi) is 9.70. The fraction of sp³-hybridized carbons (Fsp3) is 0.452. The van der Waals surface area contributed by atoms with Crippen LogP contribution in [0, 0.1) is 18.7 Å². The first-order chi connectivity index (χ1) is 19.2. The van der Waals surface area contributed by atoms with Gasteiger partial charge < -0.3 is 15.5 Å². The van der Waals surface area contributed by atoms with Gasteiger partial charge in [-0.05, 0) is 92.8 Å². The molecule has 0 saturated carbocycles. The van der Waals surface area contributed by atoms with Crippen LogP contribution in [0.2, 0.25) is 0 Å². The second kappa shape index (κ2) is 12.7. The van der Waals surface area contributed by atoms with E-state index in [9.17, 15) is 22.7 Å². The van der Waals surface area contributed by atoms with Crippen molar-refractivity contribution < 1.29 is 27.8 Å². The zero-order valence-electron chi connectivity index (χ0n) is 24.0. The summed E-state index contributed by atoms with van der Waals surface area (Å²) in [5.74, 6) is -0.929. The Balaban J connectivity index is 1.37. The Morgan fingerprint density at radius 3 is 2.44 bits per heavy atom. The van der Waals surface area contributed by atoms with E-state index in [1.165, 1.54) is 30.3 Å². The molecule has 0 saturated heterocycles. The molecule has 0 radical (unpaired) electrons. The van der Waals surface area contributed by atoms with Crippen molar-refractivity contribution in [2.45, 2.75) is 68.7 Å². The average molecular weight is 603 g/mol. The second-order valence-corrected chi connectivity index (χ2v) is 15.2. The van der Waals surface area contributed by atoms with Gasteiger partial charge in [0.1, 0.15) is 10.0 Å². The number of benzene rings is 2. The Bertz CT molecular complexity index is 1480. The third-order valence-corrected chi connectivity index (χ3v) is 11.0. The zero-order valence-corrected chi connectivity index (χ0v) is 25.6. The van der Waals surface area contributed by atoms with E-state index >= 15 is 0 Å². The largest absolute Gasteiger partial charge is 0.481 e. The molecular weight excluding hydrogens is 563 g/mol. The number of β-amino-alcohol motifs (C(OH)–C–C–N with tert-alkyl or cyclic N) is 1. The molecule has 7 nitrogen and oxygen atoms in total. The van der Waals surface area contributed by atoms with Crippen molar-refractivity contribution >= 4 is 27.3 Å². The molecule has 41 heavy (non-hydrogen) atoms. The molecule has 1 heterocycles. The maximum absolute atomic E-state index is 14.7. The molecule has 3 aromatic rings. The Hall–Kier alpha value is -2.63. The van der Waals surface area contributed by atoms with Gasteiger partial charge in [-0.25, -0.2) is 12.8 Å². The van der Waals surface area contributed by atoms with Crippen molar-refractivity contribution in [2.24, 2.45) is 5.92 Å². The number of halogens is 1. The molecule has 1 atom stereocenters. The average Bonchev–Trinajstić information content (AvgIpc) is 3.49. The molecule has 0 bridgehead atoms. The number of carboxylic acid groups (broad SMARTS) is 1. The summed E-state index contributed by atoms with van der Waals surface area (Å²) in [7, 11) is -2.50. The first-order valence-corrected chi connectivity index (χ1v) is 16.1. The van der Waals surface area contributed by atoms with E-state index in [-0.39, 0.29) is 41.2 Å². The summed E-state index contributed by atoms with van der Waals surface area (Å²) in [5.41, 5.74) is 3.93. The lowest BCUT2D eigenvalue weighted by molar-refractivity contribution is -0.136. The standard InChI is InChI=1S/C31H39FN2O5S2/c1-20-26(27-15-21(9-11-28(27)32)10-12-29(36)37)16-30(40-20)41(38,39)34(4)19-25(35)18-33-31(2,3)17-22-13-23-7-5-6-8-24(23)14-22/h5-9,11,15-16,22,25,33,35H,10,12-14,17-19H2,1-4H3,(H,36,37)/t25-/m0/s1. The van der Waals surface area contributed by atoms with E-state index in [1.807, 2.05) is 0 Å². The molecule has 4 rings (SSSR count). The van der Waals surface area contributed by atoms with E-state index in [2.05, 4.69) is 43.4 Å². The molecule has 2 aromatic carbocycles. The number of fused-ring (bicyclic) bond motifs is 1. The zero-order chi connectivity index (χ0) is 29.9. The third-order valence-electron chi connectivity index (χ3n) is 7.73. The lowest BCUT2D eigenvalue weighted by Gasteiger charge is -2.31. The van der Waals surface area contributed by atoms with Crippen LogP contribution >= 0.6 is 11.3 Å². The summed E-state index contributed by atoms with van der Waals surface area (Å²) in [5, 5.41) is 23.1. The predicted molar refractivity (Wildman–Crippen MR) is 160 cm³/mol. The van der Waals surface area contributed by atoms with Crippen molar-refractivity contribution in [1.82, 2.24) is 9.62 Å². The van der Waals surface area contributed by atoms with Gasteiger partial charge in [0.25, 0.3) is 10.0 Å². The van der Waals surface area contributed by atoms with Gasteiger partial charge in [-0.15, -0.1) is 11.3 Å². The number of aryl methyl sites for hydroxylation is 2. The first-order valence-electron chi connectivity index (χ1n) is 13.8. The van der Waals surface area contributed by atoms with Crippen molar-refractivity contribution in [3.8, 4) is 11.1 Å². The van der Waals surface area contributed by atoms with Crippen molar-refractivity contribution in [2.75, 3.05) is 20.1 Å². The highest BCUT2D eigenvalue weighted by molar-refractivity contribution is 7.91. The topological polar surface area (TPSA) is 107 Å². The number of rotatable bonds is 13. The molecule has 0 unspecified atom stereocenters. The molecule has 1 aliphatic carbocycles. The number of carbonyl (C=O) groups is 1. The van der Waals surface area contributed by atoms with Gasteiger partial charge in [0.05, 0.1) is 6.10 Å². The summed E-state index contributed by atoms with van der Waals surface area (Å²) in [4.78, 5) is 11.6. The van der Waals surface area contributed by atoms with Crippen molar-refractivity contribution in [3.63, 3.8) is 0 Å². The molecule has 0 fully saturated rings. The number of nitrogens with zero attached hydrogens (tertiary/aromatic N) is 1. The van der Waals surface area contributed by atoms with Crippen LogP contribution in [0.25, 0.3) is 11.1 Å². The Morgan fingerprint density at radius 2 is 1.80 bits per heavy atom. The molecule has 3 N–H and O–H groups in total. The van der Waals surface area contributed by atoms with Gasteiger partial charge in [0, 0.05) is 42.5 Å². The normalized spacial score (nSPS) is 14.9. The highest BCUT2D eigenvalue weighted by Crippen LogP contribution is 2.36. The number of hydrogen-bond acceptors (Lipinski definition) is 6. The van der Waals surface area contributed by atoms with Crippen LogP contribution < -0.4 is 5.32 Å². The number of thiophene rings is 1. The van der Waals surface area contributed by atoms with Crippen LogP contribution in [0.4, 0.5) is 4.39 Å². The van der Waals surface area contributed by atoms with Gasteiger partial charge in [-0.1, -0.05) is 30.3 Å². The number of likely N-dealkylation sites (N-methyl/N-ethyl adjacent to an activating group) is 1. The van der Waals surface area contributed by atoms with Crippen LogP contribution in [-0.4, -0.2) is 60.7 Å². The maximum Gasteiger partial charge on any atom is 0.303 e. The van der Waals surface area contributed by atoms with Crippen molar-refractivity contribution in [1.29, 1.82) is 0 Å². The van der Waals surface area contributed by atoms with Gasteiger partial charge in [-0.3, -0.25) is 4.79 Å². The van der Waals surface area contributed by atoms with Crippen LogP contribution in [0.3, 0.4) is 0 Å². The highest BCUT2D eigenvalue weighted by Gasteiger charge is 2.30. The van der Waals surface area contributed by atoms with Crippen LogP contribution in [0.15, 0.2) is 52.7 Å². The van der Waals surface area contributed by atoms with Crippen molar-refractivity contribution in [3.05, 3.63) is 75.9 Å². The van der Waals surface area contributed by atoms with Crippen LogP contribution in [0.5, 0.6) is 0 Å². The van der Waals surface area contributed by atoms with E-state index in [1.54, 1.807) is 19.1 Å². The second-order valence-electron chi connectivity index (χ2n) is 11.7. The number of sulfonamides is 1. The predicted octanol–water partition coefficient (Wildman–Crippen LogP) is 5.03. The maximum atomic E-state index is 14.7. The number of aliphatic hydroxyl groups excluding tert-OH is 1. The number of carboxylic acids is 1. The fourth-order valence-electron chi connectivity index (χ4n) is 5.63. The van der Waals surface area contributed by atoms with E-state index in [0.717, 1.165) is 34.9 Å². The Morgan fingerprint density at radius 1 is 1.15 bits per heavy atom. The fourth-order valence-corrected chi connectivity index (χ4v) is 8.51. The quantitative estimate of drug-likeness (QED) is 0.253. The number of aliphatic hydroxyl groups is 1. The van der Waals surface area contributed by atoms with Crippen LogP contribution in [0.1, 0.15) is 48.3 Å². The summed E-state index contributed by atoms with van der Waals surface area (Å²) in [6, 6.07) is 14.4. The smallest absolute Gasteiger partial charge is 0.303 e. The minimum Gasteiger partial charge on any atom is -0.481 e. The third kappa shape index (κ3) is 7.81. The number of aliphatic carboxylic acids is 1. The highest BCUT2D eigenvalue weighted by atomic mass is 32.2. The number of hydrogen-bond donors (Lipinski definition) is 3. The minimum atomic E-state index is -3.93. The summed E-state index contributed by atoms with van der Waals surface area (Å²) in [6.45, 7) is 6.09. The summed E-state index contributed by atoms with van der Waals surface area (Å²) < 4.78 is 42.7. The lowest BCUT2D eigenvalue weighted by atomic mass is 9.88. The SMILES string of the molecule is Cc1sc(S(=O)(=O)N(C)C[C@@H](O)CNC(C)(C)CC2Cc3ccccc3C2)cc1-c1cc(CCC(=O)O)ccc1F. The monoisotopic (exact) mass is 602 g/mol.